The summed E-state index contributed by atoms with van der Waals surface area (Å²) in [6.07, 6.45) is -4.20. The molecule has 6 heteroatoms. The molecule has 0 saturated carbocycles. The number of hydrogen-bond acceptors (Lipinski definition) is 2. The molecule has 0 aliphatic heterocycles. The molecule has 1 rings (SSSR count). The largest absolute Gasteiger partial charge is 0.389 e. The maximum absolute atomic E-state index is 12.0. The van der Waals surface area contributed by atoms with Crippen molar-refractivity contribution in [2.75, 3.05) is 7.05 Å². The van der Waals surface area contributed by atoms with Gasteiger partial charge in [0, 0.05) is 31.6 Å². The van der Waals surface area contributed by atoms with E-state index in [1.165, 1.54) is 0 Å². The zero-order valence-electron chi connectivity index (χ0n) is 12.3. The Hall–Kier alpha value is -1.56. The minimum atomic E-state index is -4.07. The third-order valence-electron chi connectivity index (χ3n) is 3.20. The number of rotatable bonds is 7. The van der Waals surface area contributed by atoms with Crippen molar-refractivity contribution in [1.82, 2.24) is 10.6 Å². The van der Waals surface area contributed by atoms with Gasteiger partial charge in [0.15, 0.2) is 0 Å². The van der Waals surface area contributed by atoms with Crippen LogP contribution in [0.5, 0.6) is 0 Å². The minimum Gasteiger partial charge on any atom is -0.355 e. The summed E-state index contributed by atoms with van der Waals surface area (Å²) in [5.74, 6) is -0.143. The van der Waals surface area contributed by atoms with Crippen molar-refractivity contribution in [3.8, 4) is 0 Å². The van der Waals surface area contributed by atoms with Crippen LogP contribution >= 0.6 is 0 Å². The standard InChI is InChI=1S/C15H21F3N2O/c1-11(4-3-9-15(16,17)18)20-10-12-5-7-13(8-6-12)14(21)19-2/h5-8,11,20H,3-4,9-10H2,1-2H3,(H,19,21). The van der Waals surface area contributed by atoms with Gasteiger partial charge in [0.25, 0.3) is 5.91 Å². The van der Waals surface area contributed by atoms with Crippen LogP contribution in [0.3, 0.4) is 0 Å². The number of halogens is 3. The lowest BCUT2D eigenvalue weighted by molar-refractivity contribution is -0.135. The molecule has 1 unspecified atom stereocenters. The highest BCUT2D eigenvalue weighted by Crippen LogP contribution is 2.22. The van der Waals surface area contributed by atoms with Crippen LogP contribution < -0.4 is 10.6 Å². The summed E-state index contributed by atoms with van der Waals surface area (Å²) < 4.78 is 36.1. The van der Waals surface area contributed by atoms with Gasteiger partial charge in [-0.15, -0.1) is 0 Å². The summed E-state index contributed by atoms with van der Waals surface area (Å²) in [5, 5.41) is 5.72. The molecule has 0 fully saturated rings. The number of amides is 1. The Bertz CT molecular complexity index is 443. The normalized spacial score (nSPS) is 13.0. The fraction of sp³-hybridized carbons (Fsp3) is 0.533. The summed E-state index contributed by atoms with van der Waals surface area (Å²) in [5.41, 5.74) is 1.57. The molecule has 0 aliphatic rings. The van der Waals surface area contributed by atoms with Crippen molar-refractivity contribution in [3.63, 3.8) is 0 Å². The Labute approximate surface area is 122 Å². The molecule has 0 heterocycles. The predicted molar refractivity (Wildman–Crippen MR) is 76.0 cm³/mol. The molecular weight excluding hydrogens is 281 g/mol. The van der Waals surface area contributed by atoms with Crippen molar-refractivity contribution in [1.29, 1.82) is 0 Å². The SMILES string of the molecule is CNC(=O)c1ccc(CNC(C)CCCC(F)(F)F)cc1. The number of nitrogens with one attached hydrogen (secondary N) is 2. The average molecular weight is 302 g/mol. The molecule has 1 amide bonds. The van der Waals surface area contributed by atoms with E-state index in [2.05, 4.69) is 10.6 Å². The molecule has 21 heavy (non-hydrogen) atoms. The second-order valence-electron chi connectivity index (χ2n) is 5.07. The highest BCUT2D eigenvalue weighted by molar-refractivity contribution is 5.93. The lowest BCUT2D eigenvalue weighted by Crippen LogP contribution is -2.26. The number of benzene rings is 1. The number of carbonyl (C=O) groups is 1. The first-order chi connectivity index (χ1) is 9.81. The molecule has 0 aromatic heterocycles. The fourth-order valence-electron chi connectivity index (χ4n) is 1.92. The molecule has 0 radical (unpaired) electrons. The van der Waals surface area contributed by atoms with Gasteiger partial charge in [-0.1, -0.05) is 12.1 Å². The molecule has 3 nitrogen and oxygen atoms in total. The lowest BCUT2D eigenvalue weighted by atomic mass is 10.1. The highest BCUT2D eigenvalue weighted by atomic mass is 19.4. The third-order valence-corrected chi connectivity index (χ3v) is 3.20. The van der Waals surface area contributed by atoms with E-state index in [0.29, 0.717) is 18.5 Å². The summed E-state index contributed by atoms with van der Waals surface area (Å²) >= 11 is 0. The maximum Gasteiger partial charge on any atom is 0.389 e. The Morgan fingerprint density at radius 1 is 1.24 bits per heavy atom. The summed E-state index contributed by atoms with van der Waals surface area (Å²) in [6, 6.07) is 7.14. The van der Waals surface area contributed by atoms with Crippen LogP contribution in [0.15, 0.2) is 24.3 Å². The molecular formula is C15H21F3N2O. The van der Waals surface area contributed by atoms with Crippen molar-refractivity contribution < 1.29 is 18.0 Å². The molecule has 0 bridgehead atoms. The van der Waals surface area contributed by atoms with Gasteiger partial charge in [-0.25, -0.2) is 0 Å². The van der Waals surface area contributed by atoms with Crippen molar-refractivity contribution in [2.45, 2.75) is 44.9 Å². The van der Waals surface area contributed by atoms with Gasteiger partial charge < -0.3 is 10.6 Å². The van der Waals surface area contributed by atoms with Gasteiger partial charge in [-0.3, -0.25) is 4.79 Å². The van der Waals surface area contributed by atoms with E-state index in [-0.39, 0.29) is 18.4 Å². The highest BCUT2D eigenvalue weighted by Gasteiger charge is 2.26. The molecule has 2 N–H and O–H groups in total. The molecule has 0 saturated heterocycles. The van der Waals surface area contributed by atoms with Crippen LogP contribution in [-0.4, -0.2) is 25.2 Å². The van der Waals surface area contributed by atoms with E-state index in [0.717, 1.165) is 5.56 Å². The second kappa shape index (κ2) is 8.02. The van der Waals surface area contributed by atoms with Crippen LogP contribution in [0, 0.1) is 0 Å². The van der Waals surface area contributed by atoms with Crippen LogP contribution in [0.1, 0.15) is 42.1 Å². The lowest BCUT2D eigenvalue weighted by Gasteiger charge is -2.14. The summed E-state index contributed by atoms with van der Waals surface area (Å²) in [7, 11) is 1.57. The summed E-state index contributed by atoms with van der Waals surface area (Å²) in [4.78, 5) is 11.4. The van der Waals surface area contributed by atoms with Gasteiger partial charge in [0.1, 0.15) is 0 Å². The van der Waals surface area contributed by atoms with Crippen molar-refractivity contribution in [2.24, 2.45) is 0 Å². The zero-order chi connectivity index (χ0) is 15.9. The molecule has 1 aromatic rings. The molecule has 118 valence electrons. The second-order valence-corrected chi connectivity index (χ2v) is 5.07. The van der Waals surface area contributed by atoms with Crippen LogP contribution in [0.4, 0.5) is 13.2 Å². The van der Waals surface area contributed by atoms with Gasteiger partial charge in [0.05, 0.1) is 0 Å². The van der Waals surface area contributed by atoms with E-state index in [1.54, 1.807) is 19.2 Å². The Morgan fingerprint density at radius 2 is 1.86 bits per heavy atom. The molecule has 0 aliphatic carbocycles. The predicted octanol–water partition coefficient (Wildman–Crippen LogP) is 3.26. The Kier molecular flexibility index (Phi) is 6.68. The van der Waals surface area contributed by atoms with Crippen LogP contribution in [0.2, 0.25) is 0 Å². The first kappa shape index (κ1) is 17.5. The third kappa shape index (κ3) is 7.13. The van der Waals surface area contributed by atoms with E-state index in [4.69, 9.17) is 0 Å². The topological polar surface area (TPSA) is 41.1 Å². The fourth-order valence-corrected chi connectivity index (χ4v) is 1.92. The first-order valence-electron chi connectivity index (χ1n) is 6.93. The first-order valence-corrected chi connectivity index (χ1v) is 6.93. The van der Waals surface area contributed by atoms with E-state index in [9.17, 15) is 18.0 Å². The minimum absolute atomic E-state index is 0.0194. The van der Waals surface area contributed by atoms with E-state index in [1.807, 2.05) is 19.1 Å². The van der Waals surface area contributed by atoms with E-state index < -0.39 is 12.6 Å². The number of hydrogen-bond donors (Lipinski definition) is 2. The van der Waals surface area contributed by atoms with Gasteiger partial charge in [-0.2, -0.15) is 13.2 Å². The van der Waals surface area contributed by atoms with E-state index >= 15 is 0 Å². The molecule has 1 atom stereocenters. The molecule has 1 aromatic carbocycles. The van der Waals surface area contributed by atoms with Gasteiger partial charge in [-0.05, 0) is 37.5 Å². The van der Waals surface area contributed by atoms with Crippen molar-refractivity contribution in [3.05, 3.63) is 35.4 Å². The van der Waals surface area contributed by atoms with Gasteiger partial charge >= 0.3 is 6.18 Å². The van der Waals surface area contributed by atoms with Crippen LogP contribution in [-0.2, 0) is 6.54 Å². The smallest absolute Gasteiger partial charge is 0.355 e. The summed E-state index contributed by atoms with van der Waals surface area (Å²) in [6.45, 7) is 2.44. The van der Waals surface area contributed by atoms with Gasteiger partial charge in [0.2, 0.25) is 0 Å². The average Bonchev–Trinajstić information content (AvgIpc) is 2.43. The zero-order valence-corrected chi connectivity index (χ0v) is 12.3. The number of carbonyl (C=O) groups excluding carboxylic acids is 1. The van der Waals surface area contributed by atoms with Crippen LogP contribution in [0.25, 0.3) is 0 Å². The Balaban J connectivity index is 2.33. The quantitative estimate of drug-likeness (QED) is 0.812. The molecule has 0 spiro atoms. The monoisotopic (exact) mass is 302 g/mol. The maximum atomic E-state index is 12.0. The number of alkyl halides is 3. The Morgan fingerprint density at radius 3 is 2.38 bits per heavy atom. The van der Waals surface area contributed by atoms with Crippen molar-refractivity contribution >= 4 is 5.91 Å².